The molecule has 84 heavy (non-hydrogen) atoms. The van der Waals surface area contributed by atoms with Crippen molar-refractivity contribution in [2.45, 2.75) is 18.5 Å². The molecule has 0 aliphatic rings. The Balaban J connectivity index is 0.920. The van der Waals surface area contributed by atoms with E-state index in [9.17, 15) is 39.5 Å². The molecule has 13 rings (SSSR count). The summed E-state index contributed by atoms with van der Waals surface area (Å²) in [4.78, 5) is 28.9. The molecule has 0 amide bonds. The molecule has 3 heterocycles. The number of benzene rings is 10. The Labute approximate surface area is 473 Å². The highest BCUT2D eigenvalue weighted by Crippen LogP contribution is 2.41. The Morgan fingerprint density at radius 3 is 0.607 bits per heavy atom. The lowest BCUT2D eigenvalue weighted by Crippen LogP contribution is -2.05. The number of halogens is 9. The van der Waals surface area contributed by atoms with Crippen molar-refractivity contribution in [3.05, 3.63) is 253 Å². The third-order valence-corrected chi connectivity index (χ3v) is 14.5. The molecule has 6 nitrogen and oxygen atoms in total. The van der Waals surface area contributed by atoms with Crippen LogP contribution in [-0.4, -0.2) is 29.9 Å². The minimum atomic E-state index is -4.57. The Bertz CT molecular complexity index is 4150. The van der Waals surface area contributed by atoms with Crippen LogP contribution in [0.25, 0.3) is 134 Å². The van der Waals surface area contributed by atoms with Crippen molar-refractivity contribution < 1.29 is 39.5 Å². The second-order valence-electron chi connectivity index (χ2n) is 20.0. The average molecular weight is 1120 g/mol. The highest BCUT2D eigenvalue weighted by Gasteiger charge is 2.33. The number of fused-ring (bicyclic) bond motifs is 3. The highest BCUT2D eigenvalue weighted by molar-refractivity contribution is 5.91. The van der Waals surface area contributed by atoms with Gasteiger partial charge in [0.1, 0.15) is 0 Å². The molecule has 0 N–H and O–H groups in total. The van der Waals surface area contributed by atoms with Crippen LogP contribution in [0, 0.1) is 0 Å². The van der Waals surface area contributed by atoms with Crippen LogP contribution < -0.4 is 0 Å². The van der Waals surface area contributed by atoms with E-state index in [1.54, 1.807) is 0 Å². The molecule has 0 fully saturated rings. The number of nitrogens with zero attached hydrogens (tertiary/aromatic N) is 6. The molecule has 0 saturated carbocycles. The molecular formula is C69H39F9N6. The lowest BCUT2D eigenvalue weighted by atomic mass is 9.91. The molecule has 0 atom stereocenters. The topological polar surface area (TPSA) is 77.3 Å². The van der Waals surface area contributed by atoms with E-state index in [1.807, 2.05) is 164 Å². The summed E-state index contributed by atoms with van der Waals surface area (Å²) < 4.78 is 125. The molecule has 0 spiro atoms. The molecular weight excluding hydrogens is 1080 g/mol. The molecule has 10 aromatic carbocycles. The Morgan fingerprint density at radius 2 is 0.381 bits per heavy atom. The van der Waals surface area contributed by atoms with Gasteiger partial charge in [-0.2, -0.15) is 39.5 Å². The van der Waals surface area contributed by atoms with Crippen LogP contribution in [0.15, 0.2) is 237 Å². The predicted molar refractivity (Wildman–Crippen MR) is 310 cm³/mol. The van der Waals surface area contributed by atoms with Crippen LogP contribution in [-0.2, 0) is 18.5 Å². The molecule has 0 saturated heterocycles. The molecule has 0 unspecified atom stereocenters. The van der Waals surface area contributed by atoms with Crippen molar-refractivity contribution in [1.82, 2.24) is 29.9 Å². The maximum Gasteiger partial charge on any atom is 0.416 e. The van der Waals surface area contributed by atoms with Crippen molar-refractivity contribution in [3.8, 4) is 101 Å². The second-order valence-corrected chi connectivity index (χ2v) is 20.0. The highest BCUT2D eigenvalue weighted by atomic mass is 19.4. The van der Waals surface area contributed by atoms with Crippen LogP contribution in [0.5, 0.6) is 0 Å². The molecule has 0 aliphatic heterocycles. The van der Waals surface area contributed by atoms with Crippen molar-refractivity contribution in [2.24, 2.45) is 0 Å². The van der Waals surface area contributed by atoms with E-state index in [2.05, 4.69) is 18.2 Å². The normalized spacial score (nSPS) is 12.1. The smallest absolute Gasteiger partial charge is 0.244 e. The lowest BCUT2D eigenvalue weighted by Gasteiger charge is -2.15. The summed E-state index contributed by atoms with van der Waals surface area (Å²) in [6.07, 6.45) is -13.7. The predicted octanol–water partition coefficient (Wildman–Crippen LogP) is 19.6. The monoisotopic (exact) mass is 1120 g/mol. The summed E-state index contributed by atoms with van der Waals surface area (Å²) in [6.45, 7) is 0. The third kappa shape index (κ3) is 10.5. The Morgan fingerprint density at radius 1 is 0.179 bits per heavy atom. The van der Waals surface area contributed by atoms with E-state index in [-0.39, 0.29) is 16.6 Å². The number of hydrogen-bond donors (Lipinski definition) is 0. The molecule has 0 aliphatic carbocycles. The molecule has 408 valence electrons. The van der Waals surface area contributed by atoms with Gasteiger partial charge in [-0.05, 0) is 106 Å². The quantitative estimate of drug-likeness (QED) is 0.134. The van der Waals surface area contributed by atoms with E-state index in [4.69, 9.17) is 29.9 Å². The van der Waals surface area contributed by atoms with E-state index < -0.39 is 35.2 Å². The first-order chi connectivity index (χ1) is 40.5. The van der Waals surface area contributed by atoms with Gasteiger partial charge in [-0.3, -0.25) is 0 Å². The standard InChI is InChI=1S/C69H39F9N6/c70-67(71,72)52-28-31-55-58(37-52)82-61(43-10-4-1-5-11-43)64(79-55)46-22-16-40(17-23-46)49-34-50(41-18-24-47(25-19-41)65-62(44-12-6-2-7-13-44)83-59-38-53(68(73,74)75)29-32-56(59)80-65)36-51(35-49)42-20-26-48(27-21-42)66-63(45-14-8-3-9-15-45)84-60-39-54(69(76,77)78)30-33-57(60)81-66/h1-39H. The zero-order valence-electron chi connectivity index (χ0n) is 43.6. The Hall–Kier alpha value is -10.4. The van der Waals surface area contributed by atoms with Crippen LogP contribution in [0.1, 0.15) is 16.7 Å². The number of aromatic nitrogens is 6. The van der Waals surface area contributed by atoms with Gasteiger partial charge < -0.3 is 0 Å². The van der Waals surface area contributed by atoms with Crippen molar-refractivity contribution in [3.63, 3.8) is 0 Å². The number of rotatable bonds is 9. The van der Waals surface area contributed by atoms with Crippen molar-refractivity contribution >= 4 is 33.1 Å². The van der Waals surface area contributed by atoms with Gasteiger partial charge >= 0.3 is 18.5 Å². The zero-order chi connectivity index (χ0) is 57.9. The van der Waals surface area contributed by atoms with Gasteiger partial charge in [0.05, 0.1) is 84.0 Å². The van der Waals surface area contributed by atoms with Crippen LogP contribution in [0.2, 0.25) is 0 Å². The summed E-state index contributed by atoms with van der Waals surface area (Å²) in [5.41, 5.74) is 10.3. The largest absolute Gasteiger partial charge is 0.416 e. The van der Waals surface area contributed by atoms with Gasteiger partial charge in [0, 0.05) is 33.4 Å². The lowest BCUT2D eigenvalue weighted by molar-refractivity contribution is -0.138. The average Bonchev–Trinajstić information content (AvgIpc) is 2.76. The fourth-order valence-electron chi connectivity index (χ4n) is 10.3. The van der Waals surface area contributed by atoms with Crippen LogP contribution in [0.4, 0.5) is 39.5 Å². The van der Waals surface area contributed by atoms with E-state index in [0.29, 0.717) is 84.1 Å². The maximum atomic E-state index is 13.8. The summed E-state index contributed by atoms with van der Waals surface area (Å²) >= 11 is 0. The SMILES string of the molecule is FC(F)(F)c1ccc2nc(-c3ccc(-c4cc(-c5ccc(-c6nc7ccc(C(F)(F)F)cc7nc6-c6ccccc6)cc5)cc(-c5ccc(-c6nc7ccc(C(F)(F)F)cc7nc6-c6ccccc6)cc5)c4)cc3)c(-c3ccccc3)nc2c1. The first-order valence-electron chi connectivity index (χ1n) is 26.3. The van der Waals surface area contributed by atoms with Gasteiger partial charge in [0.2, 0.25) is 0 Å². The maximum absolute atomic E-state index is 13.8. The minimum Gasteiger partial charge on any atom is -0.244 e. The number of hydrogen-bond acceptors (Lipinski definition) is 6. The van der Waals surface area contributed by atoms with Crippen LogP contribution in [0.3, 0.4) is 0 Å². The molecule has 13 aromatic rings. The first kappa shape index (κ1) is 52.9. The zero-order valence-corrected chi connectivity index (χ0v) is 43.6. The molecule has 0 radical (unpaired) electrons. The van der Waals surface area contributed by atoms with E-state index >= 15 is 0 Å². The molecule has 0 bridgehead atoms. The van der Waals surface area contributed by atoms with Crippen LogP contribution >= 0.6 is 0 Å². The minimum absolute atomic E-state index is 0.101. The van der Waals surface area contributed by atoms with Gasteiger partial charge in [-0.15, -0.1) is 0 Å². The van der Waals surface area contributed by atoms with Gasteiger partial charge in [-0.1, -0.05) is 164 Å². The van der Waals surface area contributed by atoms with E-state index in [1.165, 1.54) is 18.2 Å². The van der Waals surface area contributed by atoms with Crippen molar-refractivity contribution in [1.29, 1.82) is 0 Å². The fraction of sp³-hybridized carbons (Fsp3) is 0.0435. The van der Waals surface area contributed by atoms with Crippen molar-refractivity contribution in [2.75, 3.05) is 0 Å². The Kier molecular flexibility index (Phi) is 13.1. The van der Waals surface area contributed by atoms with Gasteiger partial charge in [0.15, 0.2) is 0 Å². The fourth-order valence-corrected chi connectivity index (χ4v) is 10.3. The number of alkyl halides is 9. The molecule has 15 heteroatoms. The molecule has 3 aromatic heterocycles. The van der Waals surface area contributed by atoms with Gasteiger partial charge in [0.25, 0.3) is 0 Å². The van der Waals surface area contributed by atoms with Gasteiger partial charge in [-0.25, -0.2) is 29.9 Å². The third-order valence-electron chi connectivity index (χ3n) is 14.5. The summed E-state index contributed by atoms with van der Waals surface area (Å²) in [5, 5.41) is 0. The summed E-state index contributed by atoms with van der Waals surface area (Å²) in [6, 6.07) is 66.6. The first-order valence-corrected chi connectivity index (χ1v) is 26.3. The summed E-state index contributed by atoms with van der Waals surface area (Å²) in [5.74, 6) is 0. The summed E-state index contributed by atoms with van der Waals surface area (Å²) in [7, 11) is 0. The second kappa shape index (κ2) is 20.8. The van der Waals surface area contributed by atoms with E-state index in [0.717, 1.165) is 69.8 Å².